The summed E-state index contributed by atoms with van der Waals surface area (Å²) in [6.45, 7) is 9.65. The lowest BCUT2D eigenvalue weighted by Crippen LogP contribution is -2.43. The summed E-state index contributed by atoms with van der Waals surface area (Å²) in [6, 6.07) is 16.9. The van der Waals surface area contributed by atoms with Crippen LogP contribution in [0.3, 0.4) is 0 Å². The molecule has 0 saturated carbocycles. The molecule has 6 nitrogen and oxygen atoms in total. The number of methoxy groups -OCH3 is 1. The van der Waals surface area contributed by atoms with E-state index in [0.717, 1.165) is 61.7 Å². The van der Waals surface area contributed by atoms with Crippen LogP contribution in [0.1, 0.15) is 46.5 Å². The second-order valence-corrected chi connectivity index (χ2v) is 9.43. The Morgan fingerprint density at radius 3 is 2.49 bits per heavy atom. The molecule has 1 aromatic heterocycles. The summed E-state index contributed by atoms with van der Waals surface area (Å²) in [5.41, 5.74) is 6.68. The van der Waals surface area contributed by atoms with Crippen molar-refractivity contribution in [2.45, 2.75) is 52.7 Å². The molecule has 35 heavy (non-hydrogen) atoms. The largest absolute Gasteiger partial charge is 0.496 e. The Morgan fingerprint density at radius 1 is 1.06 bits per heavy atom. The minimum Gasteiger partial charge on any atom is -0.496 e. The maximum Gasteiger partial charge on any atom is 0.244 e. The van der Waals surface area contributed by atoms with Crippen LogP contribution in [0, 0.1) is 20.8 Å². The molecule has 1 aliphatic heterocycles. The second-order valence-electron chi connectivity index (χ2n) is 9.43. The molecule has 1 amide bonds. The van der Waals surface area contributed by atoms with Gasteiger partial charge in [0.05, 0.1) is 19.3 Å². The third-order valence-corrected chi connectivity index (χ3v) is 6.81. The molecule has 0 atom stereocenters. The van der Waals surface area contributed by atoms with E-state index < -0.39 is 0 Å². The van der Waals surface area contributed by atoms with Crippen molar-refractivity contribution in [2.75, 3.05) is 20.2 Å². The van der Waals surface area contributed by atoms with Gasteiger partial charge < -0.3 is 10.1 Å². The number of amides is 1. The van der Waals surface area contributed by atoms with E-state index in [0.29, 0.717) is 0 Å². The molecule has 1 N–H and O–H groups in total. The second kappa shape index (κ2) is 11.4. The molecular weight excluding hydrogens is 436 g/mol. The van der Waals surface area contributed by atoms with E-state index in [1.165, 1.54) is 16.7 Å². The molecule has 2 heterocycles. The zero-order valence-electron chi connectivity index (χ0n) is 21.3. The van der Waals surface area contributed by atoms with Gasteiger partial charge in [-0.25, -0.2) is 0 Å². The summed E-state index contributed by atoms with van der Waals surface area (Å²) in [4.78, 5) is 15.1. The number of rotatable bonds is 8. The number of para-hydroxylation sites is 1. The van der Waals surface area contributed by atoms with E-state index in [1.807, 2.05) is 35.9 Å². The zero-order valence-corrected chi connectivity index (χ0v) is 21.3. The maximum atomic E-state index is 12.6. The molecule has 0 radical (unpaired) electrons. The quantitative estimate of drug-likeness (QED) is 0.485. The summed E-state index contributed by atoms with van der Waals surface area (Å²) in [5.74, 6) is 0.888. The van der Waals surface area contributed by atoms with Gasteiger partial charge in [-0.2, -0.15) is 5.10 Å². The lowest BCUT2D eigenvalue weighted by molar-refractivity contribution is -0.117. The number of nitrogens with zero attached hydrogens (tertiary/aromatic N) is 3. The molecule has 1 aliphatic rings. The van der Waals surface area contributed by atoms with Crippen LogP contribution in [-0.2, 0) is 17.9 Å². The Labute approximate surface area is 208 Å². The monoisotopic (exact) mass is 472 g/mol. The van der Waals surface area contributed by atoms with Gasteiger partial charge in [-0.05, 0) is 51.3 Å². The molecule has 0 bridgehead atoms. The van der Waals surface area contributed by atoms with Gasteiger partial charge in [0.2, 0.25) is 5.91 Å². The first-order chi connectivity index (χ1) is 16.9. The van der Waals surface area contributed by atoms with Gasteiger partial charge in [0.25, 0.3) is 0 Å². The van der Waals surface area contributed by atoms with Gasteiger partial charge >= 0.3 is 0 Å². The van der Waals surface area contributed by atoms with Crippen LogP contribution in [0.15, 0.2) is 54.6 Å². The Morgan fingerprint density at radius 2 is 1.77 bits per heavy atom. The molecule has 0 spiro atoms. The molecule has 2 aromatic carbocycles. The van der Waals surface area contributed by atoms with Gasteiger partial charge in [-0.15, -0.1) is 0 Å². The summed E-state index contributed by atoms with van der Waals surface area (Å²) in [6.07, 6.45) is 5.44. The van der Waals surface area contributed by atoms with Gasteiger partial charge in [0.15, 0.2) is 0 Å². The van der Waals surface area contributed by atoms with Crippen LogP contribution < -0.4 is 10.1 Å². The molecular formula is C29H36N4O2. The number of carbonyl (C=O) groups is 1. The first-order valence-corrected chi connectivity index (χ1v) is 12.4. The Bertz CT molecular complexity index is 1170. The van der Waals surface area contributed by atoms with E-state index >= 15 is 0 Å². The van der Waals surface area contributed by atoms with Gasteiger partial charge in [0.1, 0.15) is 5.75 Å². The van der Waals surface area contributed by atoms with Crippen molar-refractivity contribution >= 4 is 12.0 Å². The molecule has 0 aliphatic carbocycles. The highest BCUT2D eigenvalue weighted by Crippen LogP contribution is 2.22. The molecule has 1 saturated heterocycles. The van der Waals surface area contributed by atoms with E-state index in [4.69, 9.17) is 9.84 Å². The van der Waals surface area contributed by atoms with E-state index in [1.54, 1.807) is 13.2 Å². The molecule has 3 aromatic rings. The first-order valence-electron chi connectivity index (χ1n) is 12.4. The van der Waals surface area contributed by atoms with E-state index in [2.05, 4.69) is 54.4 Å². The van der Waals surface area contributed by atoms with Crippen molar-refractivity contribution in [3.8, 4) is 5.75 Å². The summed E-state index contributed by atoms with van der Waals surface area (Å²) in [7, 11) is 1.71. The third-order valence-electron chi connectivity index (χ3n) is 6.81. The van der Waals surface area contributed by atoms with Crippen molar-refractivity contribution in [2.24, 2.45) is 0 Å². The summed E-state index contributed by atoms with van der Waals surface area (Å²) >= 11 is 0. The predicted octanol–water partition coefficient (Wildman–Crippen LogP) is 4.66. The minimum atomic E-state index is -0.0433. The minimum absolute atomic E-state index is 0.0433. The average molecular weight is 473 g/mol. The van der Waals surface area contributed by atoms with Crippen LogP contribution in [0.2, 0.25) is 0 Å². The number of likely N-dealkylation sites (tertiary alicyclic amines) is 1. The Hall–Kier alpha value is -3.38. The average Bonchev–Trinajstić information content (AvgIpc) is 3.12. The van der Waals surface area contributed by atoms with Crippen LogP contribution in [0.4, 0.5) is 0 Å². The molecule has 0 unspecified atom stereocenters. The smallest absolute Gasteiger partial charge is 0.244 e. The lowest BCUT2D eigenvalue weighted by Gasteiger charge is -2.32. The van der Waals surface area contributed by atoms with Crippen molar-refractivity contribution in [1.82, 2.24) is 20.0 Å². The molecule has 6 heteroatoms. The van der Waals surface area contributed by atoms with Gasteiger partial charge in [-0.3, -0.25) is 14.4 Å². The number of nitrogens with one attached hydrogen (secondary N) is 1. The fourth-order valence-electron chi connectivity index (χ4n) is 4.69. The van der Waals surface area contributed by atoms with E-state index in [9.17, 15) is 4.79 Å². The van der Waals surface area contributed by atoms with Gasteiger partial charge in [-0.1, -0.05) is 48.0 Å². The Kier molecular flexibility index (Phi) is 8.03. The topological polar surface area (TPSA) is 59.4 Å². The number of hydrogen-bond donors (Lipinski definition) is 1. The third kappa shape index (κ3) is 6.40. The number of carbonyl (C=O) groups excluding carboxylic acids is 1. The van der Waals surface area contributed by atoms with Crippen molar-refractivity contribution < 1.29 is 9.53 Å². The van der Waals surface area contributed by atoms with Gasteiger partial charge in [0, 0.05) is 48.6 Å². The number of aryl methyl sites for hydroxylation is 2. The maximum absolute atomic E-state index is 12.6. The van der Waals surface area contributed by atoms with Crippen LogP contribution in [-0.4, -0.2) is 46.8 Å². The summed E-state index contributed by atoms with van der Waals surface area (Å²) in [5, 5.41) is 7.88. The van der Waals surface area contributed by atoms with E-state index in [-0.39, 0.29) is 11.9 Å². The normalized spacial score (nSPS) is 15.0. The van der Waals surface area contributed by atoms with Crippen LogP contribution in [0.5, 0.6) is 5.75 Å². The SMILES string of the molecule is COc1ccccc1CN1CCC(NC(=O)C=Cc2c(C)nn(Cc3ccc(C)cc3)c2C)CC1. The molecule has 184 valence electrons. The zero-order chi connectivity index (χ0) is 24.8. The van der Waals surface area contributed by atoms with Crippen molar-refractivity contribution in [3.63, 3.8) is 0 Å². The Balaban J connectivity index is 1.29. The van der Waals surface area contributed by atoms with Crippen LogP contribution in [0.25, 0.3) is 6.08 Å². The number of piperidine rings is 1. The highest BCUT2D eigenvalue weighted by molar-refractivity contribution is 5.92. The number of aromatic nitrogens is 2. The standard InChI is InChI=1S/C29H36N4O2/c1-21-9-11-24(12-10-21)19-33-23(3)27(22(2)31-33)13-14-29(34)30-26-15-17-32(18-16-26)20-25-7-5-6-8-28(25)35-4/h5-14,26H,15-20H2,1-4H3,(H,30,34). The number of hydrogen-bond acceptors (Lipinski definition) is 4. The first kappa shape index (κ1) is 24.7. The highest BCUT2D eigenvalue weighted by Gasteiger charge is 2.21. The van der Waals surface area contributed by atoms with Crippen molar-refractivity contribution in [3.05, 3.63) is 88.2 Å². The molecule has 4 rings (SSSR count). The lowest BCUT2D eigenvalue weighted by atomic mass is 10.0. The fourth-order valence-corrected chi connectivity index (χ4v) is 4.69. The molecule has 1 fully saturated rings. The van der Waals surface area contributed by atoms with Crippen LogP contribution >= 0.6 is 0 Å². The predicted molar refractivity (Wildman–Crippen MR) is 140 cm³/mol. The fraction of sp³-hybridized carbons (Fsp3) is 0.379. The highest BCUT2D eigenvalue weighted by atomic mass is 16.5. The van der Waals surface area contributed by atoms with Crippen molar-refractivity contribution in [1.29, 1.82) is 0 Å². The summed E-state index contributed by atoms with van der Waals surface area (Å²) < 4.78 is 7.49. The number of ether oxygens (including phenoxy) is 1. The number of benzene rings is 2.